The summed E-state index contributed by atoms with van der Waals surface area (Å²) in [5.74, 6) is 0. The summed E-state index contributed by atoms with van der Waals surface area (Å²) >= 11 is 12.3. The molecule has 0 aliphatic carbocycles. The molecule has 1 aromatic heterocycles. The SMILES string of the molecule is ClC(Cc1ccccn1)c1cc(I)ccc1Br. The van der Waals surface area contributed by atoms with E-state index in [0.29, 0.717) is 0 Å². The van der Waals surface area contributed by atoms with Gasteiger partial charge in [-0.3, -0.25) is 4.98 Å². The first-order valence-corrected chi connectivity index (χ1v) is 7.46. The molecule has 1 unspecified atom stereocenters. The fourth-order valence-corrected chi connectivity index (χ4v) is 3.08. The highest BCUT2D eigenvalue weighted by Crippen LogP contribution is 2.31. The Labute approximate surface area is 128 Å². The smallest absolute Gasteiger partial charge is 0.0652 e. The Morgan fingerprint density at radius 2 is 2.12 bits per heavy atom. The molecule has 1 atom stereocenters. The average molecular weight is 422 g/mol. The molecule has 0 fully saturated rings. The molecule has 0 saturated heterocycles. The molecule has 0 spiro atoms. The van der Waals surface area contributed by atoms with E-state index < -0.39 is 0 Å². The van der Waals surface area contributed by atoms with Crippen molar-refractivity contribution in [1.82, 2.24) is 4.98 Å². The Balaban J connectivity index is 2.20. The Hall–Kier alpha value is -0.130. The fraction of sp³-hybridized carbons (Fsp3) is 0.154. The summed E-state index contributed by atoms with van der Waals surface area (Å²) in [6, 6.07) is 12.1. The zero-order chi connectivity index (χ0) is 12.3. The van der Waals surface area contributed by atoms with Gasteiger partial charge in [0.2, 0.25) is 0 Å². The van der Waals surface area contributed by atoms with Crippen LogP contribution in [0.3, 0.4) is 0 Å². The highest BCUT2D eigenvalue weighted by atomic mass is 127. The van der Waals surface area contributed by atoms with E-state index in [-0.39, 0.29) is 5.38 Å². The van der Waals surface area contributed by atoms with Crippen molar-refractivity contribution < 1.29 is 0 Å². The fourth-order valence-electron chi connectivity index (χ4n) is 1.57. The number of benzene rings is 1. The van der Waals surface area contributed by atoms with Crippen LogP contribution in [0.5, 0.6) is 0 Å². The molecular weight excluding hydrogens is 412 g/mol. The topological polar surface area (TPSA) is 12.9 Å². The van der Waals surface area contributed by atoms with Crippen LogP contribution in [0, 0.1) is 3.57 Å². The molecule has 0 aliphatic rings. The lowest BCUT2D eigenvalue weighted by Gasteiger charge is -2.12. The van der Waals surface area contributed by atoms with Crippen molar-refractivity contribution in [2.45, 2.75) is 11.8 Å². The van der Waals surface area contributed by atoms with Crippen molar-refractivity contribution in [3.63, 3.8) is 0 Å². The van der Waals surface area contributed by atoms with Gasteiger partial charge in [0.05, 0.1) is 5.38 Å². The van der Waals surface area contributed by atoms with E-state index in [1.54, 1.807) is 6.20 Å². The lowest BCUT2D eigenvalue weighted by Crippen LogP contribution is -1.99. The summed E-state index contributed by atoms with van der Waals surface area (Å²) in [4.78, 5) is 4.29. The standard InChI is InChI=1S/C13H10BrClIN/c14-12-5-4-9(16)7-11(12)13(15)8-10-3-1-2-6-17-10/h1-7,13H,8H2. The molecule has 2 rings (SSSR count). The van der Waals surface area contributed by atoms with E-state index in [9.17, 15) is 0 Å². The molecule has 4 heteroatoms. The van der Waals surface area contributed by atoms with Crippen LogP contribution in [-0.2, 0) is 6.42 Å². The van der Waals surface area contributed by atoms with Crippen LogP contribution >= 0.6 is 50.1 Å². The Morgan fingerprint density at radius 3 is 2.82 bits per heavy atom. The lowest BCUT2D eigenvalue weighted by molar-refractivity contribution is 0.876. The second-order valence-corrected chi connectivity index (χ2v) is 6.29. The second-order valence-electron chi connectivity index (χ2n) is 3.66. The molecule has 1 nitrogen and oxygen atoms in total. The molecule has 0 N–H and O–H groups in total. The summed E-state index contributed by atoms with van der Waals surface area (Å²) in [7, 11) is 0. The first-order chi connectivity index (χ1) is 8.16. The lowest BCUT2D eigenvalue weighted by atomic mass is 10.1. The van der Waals surface area contributed by atoms with Gasteiger partial charge in [0, 0.05) is 26.4 Å². The minimum absolute atomic E-state index is 0.0611. The molecule has 1 aromatic carbocycles. The predicted octanol–water partition coefficient (Wildman–Crippen LogP) is 4.97. The van der Waals surface area contributed by atoms with Crippen LogP contribution in [0.2, 0.25) is 0 Å². The van der Waals surface area contributed by atoms with Gasteiger partial charge in [-0.25, -0.2) is 0 Å². The van der Waals surface area contributed by atoms with Crippen molar-refractivity contribution in [3.05, 3.63) is 61.9 Å². The number of hydrogen-bond acceptors (Lipinski definition) is 1. The minimum Gasteiger partial charge on any atom is -0.261 e. The van der Waals surface area contributed by atoms with E-state index >= 15 is 0 Å². The monoisotopic (exact) mass is 421 g/mol. The maximum Gasteiger partial charge on any atom is 0.0652 e. The van der Waals surface area contributed by atoms with Gasteiger partial charge in [0.25, 0.3) is 0 Å². The molecular formula is C13H10BrClIN. The van der Waals surface area contributed by atoms with Gasteiger partial charge in [0.15, 0.2) is 0 Å². The van der Waals surface area contributed by atoms with E-state index in [4.69, 9.17) is 11.6 Å². The number of nitrogens with zero attached hydrogens (tertiary/aromatic N) is 1. The molecule has 2 aromatic rings. The van der Waals surface area contributed by atoms with Crippen molar-refractivity contribution in [3.8, 4) is 0 Å². The van der Waals surface area contributed by atoms with Crippen LogP contribution in [0.4, 0.5) is 0 Å². The molecule has 17 heavy (non-hydrogen) atoms. The van der Waals surface area contributed by atoms with Gasteiger partial charge in [-0.05, 0) is 58.5 Å². The van der Waals surface area contributed by atoms with Gasteiger partial charge in [-0.15, -0.1) is 11.6 Å². The maximum atomic E-state index is 6.44. The van der Waals surface area contributed by atoms with Gasteiger partial charge in [-0.1, -0.05) is 22.0 Å². The third-order valence-electron chi connectivity index (χ3n) is 2.41. The molecule has 0 bridgehead atoms. The molecule has 88 valence electrons. The molecule has 1 heterocycles. The highest BCUT2D eigenvalue weighted by molar-refractivity contribution is 14.1. The van der Waals surface area contributed by atoms with Crippen molar-refractivity contribution in [2.24, 2.45) is 0 Å². The van der Waals surface area contributed by atoms with Crippen LogP contribution in [-0.4, -0.2) is 4.98 Å². The summed E-state index contributed by atoms with van der Waals surface area (Å²) in [6.45, 7) is 0. The largest absolute Gasteiger partial charge is 0.261 e. The minimum atomic E-state index is -0.0611. The number of aromatic nitrogens is 1. The maximum absolute atomic E-state index is 6.44. The van der Waals surface area contributed by atoms with Gasteiger partial charge < -0.3 is 0 Å². The van der Waals surface area contributed by atoms with E-state index in [1.165, 1.54) is 3.57 Å². The predicted molar refractivity (Wildman–Crippen MR) is 83.4 cm³/mol. The zero-order valence-electron chi connectivity index (χ0n) is 8.91. The summed E-state index contributed by atoms with van der Waals surface area (Å²) in [6.07, 6.45) is 2.53. The van der Waals surface area contributed by atoms with Crippen LogP contribution < -0.4 is 0 Å². The van der Waals surface area contributed by atoms with Gasteiger partial charge >= 0.3 is 0 Å². The number of alkyl halides is 1. The van der Waals surface area contributed by atoms with E-state index in [2.05, 4.69) is 55.6 Å². The zero-order valence-corrected chi connectivity index (χ0v) is 13.4. The Kier molecular flexibility index (Phi) is 4.82. The third-order valence-corrected chi connectivity index (χ3v) is 4.19. The molecule has 0 aliphatic heterocycles. The van der Waals surface area contributed by atoms with E-state index in [0.717, 1.165) is 22.2 Å². The van der Waals surface area contributed by atoms with Gasteiger partial charge in [-0.2, -0.15) is 0 Å². The van der Waals surface area contributed by atoms with Crippen LogP contribution in [0.15, 0.2) is 47.1 Å². The first kappa shape index (κ1) is 13.3. The summed E-state index contributed by atoms with van der Waals surface area (Å²) in [5, 5.41) is -0.0611. The molecule has 0 amide bonds. The Morgan fingerprint density at radius 1 is 1.29 bits per heavy atom. The normalized spacial score (nSPS) is 12.4. The number of rotatable bonds is 3. The Bertz CT molecular complexity index is 504. The van der Waals surface area contributed by atoms with E-state index in [1.807, 2.05) is 24.3 Å². The number of halogens is 3. The summed E-state index contributed by atoms with van der Waals surface area (Å²) in [5.41, 5.74) is 2.13. The van der Waals surface area contributed by atoms with Gasteiger partial charge in [0.1, 0.15) is 0 Å². The van der Waals surface area contributed by atoms with Crippen LogP contribution in [0.1, 0.15) is 16.6 Å². The number of pyridine rings is 1. The average Bonchev–Trinajstić information content (AvgIpc) is 2.33. The molecule has 0 saturated carbocycles. The van der Waals surface area contributed by atoms with Crippen molar-refractivity contribution >= 4 is 50.1 Å². The number of hydrogen-bond donors (Lipinski definition) is 0. The molecule has 0 radical (unpaired) electrons. The third kappa shape index (κ3) is 3.66. The van der Waals surface area contributed by atoms with Crippen molar-refractivity contribution in [2.75, 3.05) is 0 Å². The van der Waals surface area contributed by atoms with Crippen LogP contribution in [0.25, 0.3) is 0 Å². The van der Waals surface area contributed by atoms with Crippen molar-refractivity contribution in [1.29, 1.82) is 0 Å². The summed E-state index contributed by atoms with van der Waals surface area (Å²) < 4.78 is 2.24. The second kappa shape index (κ2) is 6.16. The highest BCUT2D eigenvalue weighted by Gasteiger charge is 2.13. The quantitative estimate of drug-likeness (QED) is 0.503. The first-order valence-electron chi connectivity index (χ1n) is 5.16.